The number of aromatic nitrogens is 2. The van der Waals surface area contributed by atoms with E-state index in [2.05, 4.69) is 20.2 Å². The molecule has 0 aliphatic carbocycles. The number of rotatable bonds is 7. The number of nitrogens with zero attached hydrogens (tertiary/aromatic N) is 3. The number of carbonyl (C=O) groups is 1. The second-order valence-corrected chi connectivity index (χ2v) is 12.6. The molecule has 8 nitrogen and oxygen atoms in total. The lowest BCUT2D eigenvalue weighted by Gasteiger charge is -2.19. The van der Waals surface area contributed by atoms with E-state index in [4.69, 9.17) is 0 Å². The average Bonchev–Trinajstić information content (AvgIpc) is 3.58. The molecule has 1 aliphatic rings. The molecule has 34 heavy (non-hydrogen) atoms. The second kappa shape index (κ2) is 9.14. The van der Waals surface area contributed by atoms with Gasteiger partial charge in [-0.2, -0.15) is 0 Å². The first kappa shape index (κ1) is 23.0. The van der Waals surface area contributed by atoms with Gasteiger partial charge in [0.1, 0.15) is 9.22 Å². The number of thiophene rings is 1. The topological polar surface area (TPSA) is 98.4 Å². The maximum Gasteiger partial charge on any atom is 0.273 e. The van der Waals surface area contributed by atoms with Crippen LogP contribution in [0.2, 0.25) is 0 Å². The number of thiazole rings is 1. The van der Waals surface area contributed by atoms with Gasteiger partial charge in [-0.15, -0.1) is 22.7 Å². The first-order chi connectivity index (χ1) is 16.3. The minimum Gasteiger partial charge on any atom is -0.352 e. The Morgan fingerprint density at radius 3 is 2.94 bits per heavy atom. The molecule has 2 N–H and O–H groups in total. The van der Waals surface area contributed by atoms with Crippen molar-refractivity contribution in [3.8, 4) is 10.7 Å². The summed E-state index contributed by atoms with van der Waals surface area (Å²) in [5, 5.41) is 6.54. The molecule has 1 fully saturated rings. The molecule has 3 aromatic heterocycles. The maximum absolute atomic E-state index is 13.0. The lowest BCUT2D eigenvalue weighted by atomic mass is 10.2. The summed E-state index contributed by atoms with van der Waals surface area (Å²) in [6.07, 6.45) is 2.85. The molecule has 1 aliphatic heterocycles. The number of anilines is 1. The van der Waals surface area contributed by atoms with Gasteiger partial charge in [0, 0.05) is 56.1 Å². The van der Waals surface area contributed by atoms with Crippen LogP contribution in [0.3, 0.4) is 0 Å². The predicted octanol–water partition coefficient (Wildman–Crippen LogP) is 3.89. The molecule has 5 rings (SSSR count). The maximum atomic E-state index is 13.0. The fourth-order valence-electron chi connectivity index (χ4n) is 4.30. The number of carbonyl (C=O) groups excluding carboxylic acids is 1. The molecular weight excluding hydrogens is 490 g/mol. The van der Waals surface area contributed by atoms with Crippen molar-refractivity contribution in [1.82, 2.24) is 20.2 Å². The minimum atomic E-state index is -3.63. The molecule has 1 atom stereocenters. The van der Waals surface area contributed by atoms with Gasteiger partial charge in [-0.3, -0.25) is 14.0 Å². The van der Waals surface area contributed by atoms with Gasteiger partial charge in [-0.05, 0) is 30.0 Å². The molecule has 1 amide bonds. The van der Waals surface area contributed by atoms with Gasteiger partial charge >= 0.3 is 0 Å². The lowest BCUT2D eigenvalue weighted by Crippen LogP contribution is -2.35. The Morgan fingerprint density at radius 2 is 2.18 bits per heavy atom. The predicted molar refractivity (Wildman–Crippen MR) is 137 cm³/mol. The number of H-pyrrole nitrogens is 1. The molecule has 1 saturated heterocycles. The van der Waals surface area contributed by atoms with Crippen molar-refractivity contribution < 1.29 is 13.2 Å². The molecule has 178 valence electrons. The second-order valence-electron chi connectivity index (χ2n) is 8.38. The number of hydrogen-bond donors (Lipinski definition) is 2. The molecule has 4 aromatic rings. The fraction of sp³-hybridized carbons (Fsp3) is 0.304. The Bertz CT molecular complexity index is 1430. The monoisotopic (exact) mass is 515 g/mol. The van der Waals surface area contributed by atoms with Crippen LogP contribution in [0, 0.1) is 0 Å². The Labute approximate surface area is 206 Å². The molecular formula is C23H25N5O3S3. The molecule has 4 heterocycles. The zero-order valence-corrected chi connectivity index (χ0v) is 21.3. The average molecular weight is 516 g/mol. The number of likely N-dealkylation sites (tertiary alicyclic amines) is 1. The van der Waals surface area contributed by atoms with Gasteiger partial charge in [0.2, 0.25) is 5.91 Å². The number of benzene rings is 1. The molecule has 0 unspecified atom stereocenters. The summed E-state index contributed by atoms with van der Waals surface area (Å²) in [7, 11) is -2.05. The highest BCUT2D eigenvalue weighted by molar-refractivity contribution is 7.94. The van der Waals surface area contributed by atoms with E-state index in [1.165, 1.54) is 15.6 Å². The van der Waals surface area contributed by atoms with Crippen LogP contribution >= 0.6 is 22.7 Å². The van der Waals surface area contributed by atoms with Crippen molar-refractivity contribution in [2.24, 2.45) is 0 Å². The van der Waals surface area contributed by atoms with Crippen LogP contribution in [0.5, 0.6) is 0 Å². The summed E-state index contributed by atoms with van der Waals surface area (Å²) < 4.78 is 27.7. The van der Waals surface area contributed by atoms with Crippen molar-refractivity contribution in [3.05, 3.63) is 52.9 Å². The first-order valence-electron chi connectivity index (χ1n) is 10.9. The Kier molecular flexibility index (Phi) is 6.19. The van der Waals surface area contributed by atoms with E-state index < -0.39 is 10.0 Å². The van der Waals surface area contributed by atoms with Crippen molar-refractivity contribution in [2.75, 3.05) is 24.4 Å². The normalized spacial score (nSPS) is 16.8. The van der Waals surface area contributed by atoms with Gasteiger partial charge in [-0.25, -0.2) is 13.4 Å². The van der Waals surface area contributed by atoms with Crippen molar-refractivity contribution >= 4 is 55.2 Å². The fourth-order valence-corrected chi connectivity index (χ4v) is 7.59. The zero-order valence-electron chi connectivity index (χ0n) is 18.8. The van der Waals surface area contributed by atoms with Gasteiger partial charge in [0.05, 0.1) is 16.9 Å². The first-order valence-corrected chi connectivity index (χ1v) is 14.0. The van der Waals surface area contributed by atoms with Crippen LogP contribution in [0.15, 0.2) is 52.2 Å². The Morgan fingerprint density at radius 1 is 1.32 bits per heavy atom. The molecule has 0 saturated carbocycles. The summed E-state index contributed by atoms with van der Waals surface area (Å²) in [5.41, 5.74) is 2.21. The molecule has 11 heteroatoms. The SMILES string of the molecule is CC(=O)N[C@@H]1CCN(Cc2cnc(-c3cc4cccc(N(C)S(=O)(=O)c5cccs5)c4[nH]3)s2)C1. The number of nitrogens with one attached hydrogen (secondary N) is 2. The van der Waals surface area contributed by atoms with E-state index in [0.29, 0.717) is 9.90 Å². The van der Waals surface area contributed by atoms with E-state index >= 15 is 0 Å². The van der Waals surface area contributed by atoms with Gasteiger partial charge < -0.3 is 10.3 Å². The third-order valence-electron chi connectivity index (χ3n) is 5.93. The number of amides is 1. The molecule has 1 aromatic carbocycles. The molecule has 0 bridgehead atoms. The van der Waals surface area contributed by atoms with E-state index in [0.717, 1.165) is 52.5 Å². The van der Waals surface area contributed by atoms with Gasteiger partial charge in [0.15, 0.2) is 0 Å². The van der Waals surface area contributed by atoms with Crippen LogP contribution in [0.1, 0.15) is 18.2 Å². The standard InChI is InChI=1S/C23H25N5O3S3/c1-15(29)25-17-8-9-28(13-17)14-18-12-24-23(33-18)19-11-16-5-3-6-20(22(16)26-19)27(2)34(30,31)21-7-4-10-32-21/h3-7,10-12,17,26H,8-9,13-14H2,1-2H3,(H,25,29)/t17-/m1/s1. The highest BCUT2D eigenvalue weighted by atomic mass is 32.2. The van der Waals surface area contributed by atoms with Crippen LogP contribution in [-0.4, -0.2) is 55.4 Å². The van der Waals surface area contributed by atoms with E-state index in [-0.39, 0.29) is 11.9 Å². The molecule has 0 spiro atoms. The summed E-state index contributed by atoms with van der Waals surface area (Å²) in [6.45, 7) is 4.13. The van der Waals surface area contributed by atoms with E-state index in [1.807, 2.05) is 24.4 Å². The quantitative estimate of drug-likeness (QED) is 0.389. The Balaban J connectivity index is 1.37. The highest BCUT2D eigenvalue weighted by Crippen LogP contribution is 2.35. The van der Waals surface area contributed by atoms with Gasteiger partial charge in [0.25, 0.3) is 10.0 Å². The largest absolute Gasteiger partial charge is 0.352 e. The molecule has 0 radical (unpaired) electrons. The highest BCUT2D eigenvalue weighted by Gasteiger charge is 2.25. The van der Waals surface area contributed by atoms with Gasteiger partial charge in [-0.1, -0.05) is 18.2 Å². The van der Waals surface area contributed by atoms with Crippen molar-refractivity contribution in [1.29, 1.82) is 0 Å². The third-order valence-corrected chi connectivity index (χ3v) is 10.1. The van der Waals surface area contributed by atoms with Crippen molar-refractivity contribution in [2.45, 2.75) is 30.1 Å². The summed E-state index contributed by atoms with van der Waals surface area (Å²) in [4.78, 5) is 22.8. The van der Waals surface area contributed by atoms with Crippen LogP contribution in [-0.2, 0) is 21.4 Å². The number of sulfonamides is 1. The summed E-state index contributed by atoms with van der Waals surface area (Å²) in [5.74, 6) is 0.0129. The zero-order chi connectivity index (χ0) is 23.9. The number of fused-ring (bicyclic) bond motifs is 1. The minimum absolute atomic E-state index is 0.0129. The third kappa shape index (κ3) is 4.48. The number of aromatic amines is 1. The summed E-state index contributed by atoms with van der Waals surface area (Å²) >= 11 is 2.83. The summed E-state index contributed by atoms with van der Waals surface area (Å²) in [6, 6.07) is 11.2. The number of para-hydroxylation sites is 1. The van der Waals surface area contributed by atoms with Crippen molar-refractivity contribution in [3.63, 3.8) is 0 Å². The lowest BCUT2D eigenvalue weighted by molar-refractivity contribution is -0.119. The van der Waals surface area contributed by atoms with Crippen LogP contribution < -0.4 is 9.62 Å². The van der Waals surface area contributed by atoms with Crippen LogP contribution in [0.25, 0.3) is 21.6 Å². The van der Waals surface area contributed by atoms with Crippen LogP contribution in [0.4, 0.5) is 5.69 Å². The smallest absolute Gasteiger partial charge is 0.273 e. The number of hydrogen-bond acceptors (Lipinski definition) is 7. The Hall–Kier alpha value is -2.73. The van der Waals surface area contributed by atoms with E-state index in [1.54, 1.807) is 48.9 Å². The van der Waals surface area contributed by atoms with E-state index in [9.17, 15) is 13.2 Å².